The predicted octanol–water partition coefficient (Wildman–Crippen LogP) is 4.22. The minimum absolute atomic E-state index is 0.0304. The van der Waals surface area contributed by atoms with E-state index in [0.717, 1.165) is 16.9 Å². The first kappa shape index (κ1) is 12.7. The first-order valence-corrected chi connectivity index (χ1v) is 5.94. The lowest BCUT2D eigenvalue weighted by atomic mass is 10.0. The van der Waals surface area contributed by atoms with Crippen LogP contribution in [-0.2, 0) is 0 Å². The van der Waals surface area contributed by atoms with Gasteiger partial charge in [-0.25, -0.2) is 0 Å². The Morgan fingerprint density at radius 2 is 1.83 bits per heavy atom. The topological polar surface area (TPSA) is 26.3 Å². The summed E-state index contributed by atoms with van der Waals surface area (Å²) in [6.45, 7) is 1.51. The van der Waals surface area contributed by atoms with Crippen molar-refractivity contribution in [1.82, 2.24) is 0 Å². The molecular formula is C15H13ClO2. The number of hydrogen-bond donors (Lipinski definition) is 0. The van der Waals surface area contributed by atoms with Crippen molar-refractivity contribution >= 4 is 17.4 Å². The predicted molar refractivity (Wildman–Crippen MR) is 73.4 cm³/mol. The molecule has 92 valence electrons. The van der Waals surface area contributed by atoms with Crippen molar-refractivity contribution in [2.24, 2.45) is 0 Å². The van der Waals surface area contributed by atoms with Crippen LogP contribution in [0.15, 0.2) is 42.5 Å². The first-order chi connectivity index (χ1) is 8.61. The SMILES string of the molecule is COc1cccc(-c2ccc(C(C)=O)c(Cl)c2)c1. The van der Waals surface area contributed by atoms with E-state index in [9.17, 15) is 4.79 Å². The molecular weight excluding hydrogens is 248 g/mol. The Morgan fingerprint density at radius 1 is 1.11 bits per heavy atom. The molecule has 0 heterocycles. The third-order valence-electron chi connectivity index (χ3n) is 2.75. The maximum absolute atomic E-state index is 11.3. The lowest BCUT2D eigenvalue weighted by Crippen LogP contribution is -1.93. The number of benzene rings is 2. The molecule has 0 atom stereocenters. The molecule has 2 aromatic carbocycles. The fraction of sp³-hybridized carbons (Fsp3) is 0.133. The Bertz CT molecular complexity index is 591. The quantitative estimate of drug-likeness (QED) is 0.773. The van der Waals surface area contributed by atoms with E-state index in [1.807, 2.05) is 30.3 Å². The van der Waals surface area contributed by atoms with Crippen LogP contribution in [0.3, 0.4) is 0 Å². The average molecular weight is 261 g/mol. The molecule has 0 aliphatic carbocycles. The summed E-state index contributed by atoms with van der Waals surface area (Å²) in [4.78, 5) is 11.3. The standard InChI is InChI=1S/C15H13ClO2/c1-10(17)14-7-6-12(9-15(14)16)11-4-3-5-13(8-11)18-2/h3-9H,1-2H3. The number of Topliss-reactive ketones (excluding diaryl/α,β-unsaturated/α-hetero) is 1. The van der Waals surface area contributed by atoms with Crippen LogP contribution in [0.2, 0.25) is 5.02 Å². The minimum Gasteiger partial charge on any atom is -0.497 e. The minimum atomic E-state index is -0.0304. The van der Waals surface area contributed by atoms with E-state index in [2.05, 4.69) is 0 Å². The summed E-state index contributed by atoms with van der Waals surface area (Å²) in [5.74, 6) is 0.761. The fourth-order valence-corrected chi connectivity index (χ4v) is 2.10. The molecule has 2 nitrogen and oxygen atoms in total. The Labute approximate surface area is 111 Å². The van der Waals surface area contributed by atoms with E-state index in [0.29, 0.717) is 10.6 Å². The van der Waals surface area contributed by atoms with Crippen LogP contribution < -0.4 is 4.74 Å². The summed E-state index contributed by atoms with van der Waals surface area (Å²) < 4.78 is 5.18. The van der Waals surface area contributed by atoms with E-state index in [1.165, 1.54) is 6.92 Å². The van der Waals surface area contributed by atoms with Crippen LogP contribution in [0, 0.1) is 0 Å². The molecule has 0 N–H and O–H groups in total. The van der Waals surface area contributed by atoms with Crippen molar-refractivity contribution in [3.63, 3.8) is 0 Å². The highest BCUT2D eigenvalue weighted by Gasteiger charge is 2.07. The van der Waals surface area contributed by atoms with Crippen LogP contribution in [-0.4, -0.2) is 12.9 Å². The summed E-state index contributed by atoms with van der Waals surface area (Å²) >= 11 is 6.10. The van der Waals surface area contributed by atoms with Crippen molar-refractivity contribution in [1.29, 1.82) is 0 Å². The smallest absolute Gasteiger partial charge is 0.161 e. The Morgan fingerprint density at radius 3 is 2.44 bits per heavy atom. The normalized spacial score (nSPS) is 10.2. The number of ketones is 1. The Balaban J connectivity index is 2.45. The van der Waals surface area contributed by atoms with E-state index in [-0.39, 0.29) is 5.78 Å². The van der Waals surface area contributed by atoms with Crippen molar-refractivity contribution < 1.29 is 9.53 Å². The third kappa shape index (κ3) is 2.54. The van der Waals surface area contributed by atoms with E-state index >= 15 is 0 Å². The number of hydrogen-bond acceptors (Lipinski definition) is 2. The van der Waals surface area contributed by atoms with Crippen LogP contribution >= 0.6 is 11.6 Å². The molecule has 0 saturated carbocycles. The second-order valence-corrected chi connectivity index (χ2v) is 4.39. The number of methoxy groups -OCH3 is 1. The number of carbonyl (C=O) groups excluding carboxylic acids is 1. The van der Waals surface area contributed by atoms with Crippen LogP contribution in [0.5, 0.6) is 5.75 Å². The molecule has 18 heavy (non-hydrogen) atoms. The number of ether oxygens (including phenoxy) is 1. The zero-order chi connectivity index (χ0) is 13.1. The van der Waals surface area contributed by atoms with Crippen molar-refractivity contribution in [3.8, 4) is 16.9 Å². The molecule has 0 radical (unpaired) electrons. The van der Waals surface area contributed by atoms with Crippen LogP contribution in [0.4, 0.5) is 0 Å². The maximum Gasteiger partial charge on any atom is 0.161 e. The number of carbonyl (C=O) groups is 1. The molecule has 0 fully saturated rings. The summed E-state index contributed by atoms with van der Waals surface area (Å²) in [6, 6.07) is 13.1. The second kappa shape index (κ2) is 5.23. The zero-order valence-corrected chi connectivity index (χ0v) is 11.0. The van der Waals surface area contributed by atoms with Gasteiger partial charge in [0.05, 0.1) is 12.1 Å². The van der Waals surface area contributed by atoms with Gasteiger partial charge in [0.2, 0.25) is 0 Å². The van der Waals surface area contributed by atoms with Gasteiger partial charge in [-0.15, -0.1) is 0 Å². The lowest BCUT2D eigenvalue weighted by Gasteiger charge is -2.07. The molecule has 2 aromatic rings. The van der Waals surface area contributed by atoms with Gasteiger partial charge in [0.25, 0.3) is 0 Å². The molecule has 0 aliphatic heterocycles. The van der Waals surface area contributed by atoms with Crippen LogP contribution in [0.25, 0.3) is 11.1 Å². The number of rotatable bonds is 3. The van der Waals surface area contributed by atoms with E-state index < -0.39 is 0 Å². The summed E-state index contributed by atoms with van der Waals surface area (Å²) in [6.07, 6.45) is 0. The van der Waals surface area contributed by atoms with Gasteiger partial charge in [0.1, 0.15) is 5.75 Å². The Hall–Kier alpha value is -1.80. The van der Waals surface area contributed by atoms with Gasteiger partial charge in [-0.2, -0.15) is 0 Å². The maximum atomic E-state index is 11.3. The second-order valence-electron chi connectivity index (χ2n) is 3.98. The van der Waals surface area contributed by atoms with Gasteiger partial charge >= 0.3 is 0 Å². The highest BCUT2D eigenvalue weighted by molar-refractivity contribution is 6.34. The van der Waals surface area contributed by atoms with E-state index in [1.54, 1.807) is 19.2 Å². The van der Waals surface area contributed by atoms with Gasteiger partial charge in [0.15, 0.2) is 5.78 Å². The monoisotopic (exact) mass is 260 g/mol. The number of halogens is 1. The molecule has 0 amide bonds. The zero-order valence-electron chi connectivity index (χ0n) is 10.2. The Kier molecular flexibility index (Phi) is 3.68. The first-order valence-electron chi connectivity index (χ1n) is 5.56. The largest absolute Gasteiger partial charge is 0.497 e. The van der Waals surface area contributed by atoms with Gasteiger partial charge in [-0.05, 0) is 42.3 Å². The van der Waals surface area contributed by atoms with Crippen molar-refractivity contribution in [3.05, 3.63) is 53.1 Å². The highest BCUT2D eigenvalue weighted by atomic mass is 35.5. The molecule has 3 heteroatoms. The summed E-state index contributed by atoms with van der Waals surface area (Å²) in [5.41, 5.74) is 2.51. The average Bonchev–Trinajstić information content (AvgIpc) is 2.38. The van der Waals surface area contributed by atoms with Gasteiger partial charge < -0.3 is 4.74 Å². The molecule has 2 rings (SSSR count). The van der Waals surface area contributed by atoms with Gasteiger partial charge in [-0.1, -0.05) is 29.8 Å². The molecule has 0 aromatic heterocycles. The van der Waals surface area contributed by atoms with Gasteiger partial charge in [-0.3, -0.25) is 4.79 Å². The van der Waals surface area contributed by atoms with Gasteiger partial charge in [0, 0.05) is 5.56 Å². The summed E-state index contributed by atoms with van der Waals surface area (Å²) in [5, 5.41) is 0.475. The van der Waals surface area contributed by atoms with Crippen molar-refractivity contribution in [2.45, 2.75) is 6.92 Å². The third-order valence-corrected chi connectivity index (χ3v) is 3.06. The molecule has 0 saturated heterocycles. The fourth-order valence-electron chi connectivity index (χ4n) is 1.78. The summed E-state index contributed by atoms with van der Waals surface area (Å²) in [7, 11) is 1.63. The molecule has 0 aliphatic rings. The highest BCUT2D eigenvalue weighted by Crippen LogP contribution is 2.28. The molecule has 0 bridgehead atoms. The lowest BCUT2D eigenvalue weighted by molar-refractivity contribution is 0.101. The van der Waals surface area contributed by atoms with Crippen molar-refractivity contribution in [2.75, 3.05) is 7.11 Å². The molecule has 0 unspecified atom stereocenters. The molecule has 0 spiro atoms. The van der Waals surface area contributed by atoms with Crippen LogP contribution in [0.1, 0.15) is 17.3 Å². The van der Waals surface area contributed by atoms with E-state index in [4.69, 9.17) is 16.3 Å².